The van der Waals surface area contributed by atoms with Crippen molar-refractivity contribution in [1.29, 1.82) is 0 Å². The Labute approximate surface area is 114 Å². The zero-order chi connectivity index (χ0) is 13.1. The first kappa shape index (κ1) is 13.1. The third-order valence-corrected chi connectivity index (χ3v) is 3.38. The predicted molar refractivity (Wildman–Crippen MR) is 76.2 cm³/mol. The summed E-state index contributed by atoms with van der Waals surface area (Å²) in [7, 11) is 0. The fourth-order valence-electron chi connectivity index (χ4n) is 2.01. The highest BCUT2D eigenvalue weighted by Crippen LogP contribution is 2.15. The van der Waals surface area contributed by atoms with E-state index in [9.17, 15) is 4.79 Å². The molecule has 0 radical (unpaired) electrons. The number of aryl methyl sites for hydroxylation is 1. The van der Waals surface area contributed by atoms with Gasteiger partial charge in [-0.1, -0.05) is 28.9 Å². The minimum Gasteiger partial charge on any atom is -0.330 e. The molecule has 18 heavy (non-hydrogen) atoms. The molecule has 4 nitrogen and oxygen atoms in total. The molecular weight excluding hydrogens is 294 g/mol. The molecule has 96 valence electrons. The van der Waals surface area contributed by atoms with E-state index in [0.717, 1.165) is 27.8 Å². The molecular formula is C13H16BrN3O. The van der Waals surface area contributed by atoms with E-state index in [2.05, 4.69) is 21.0 Å². The number of nitrogens with zero attached hydrogens (tertiary/aromatic N) is 1. The molecule has 0 saturated carbocycles. The third kappa shape index (κ3) is 2.42. The van der Waals surface area contributed by atoms with Gasteiger partial charge in [-0.2, -0.15) is 0 Å². The van der Waals surface area contributed by atoms with Crippen LogP contribution >= 0.6 is 15.9 Å². The summed E-state index contributed by atoms with van der Waals surface area (Å²) in [6.45, 7) is 2.51. The van der Waals surface area contributed by atoms with Gasteiger partial charge in [0.2, 0.25) is 0 Å². The number of hydrogen-bond donors (Lipinski definition) is 2. The number of hydrogen-bond acceptors (Lipinski definition) is 2. The summed E-state index contributed by atoms with van der Waals surface area (Å²) >= 11 is 3.41. The highest BCUT2D eigenvalue weighted by Gasteiger charge is 2.13. The number of rotatable bonds is 4. The average molecular weight is 310 g/mol. The quantitative estimate of drug-likeness (QED) is 0.907. The van der Waals surface area contributed by atoms with Crippen molar-refractivity contribution in [3.05, 3.63) is 50.3 Å². The molecule has 1 aromatic heterocycles. The van der Waals surface area contributed by atoms with Crippen LogP contribution in [0.2, 0.25) is 0 Å². The lowest BCUT2D eigenvalue weighted by molar-refractivity contribution is 0.819. The lowest BCUT2D eigenvalue weighted by Gasteiger charge is -2.01. The average Bonchev–Trinajstić information content (AvgIpc) is 2.67. The molecule has 0 bridgehead atoms. The van der Waals surface area contributed by atoms with Gasteiger partial charge in [0.1, 0.15) is 0 Å². The van der Waals surface area contributed by atoms with Gasteiger partial charge in [0.05, 0.1) is 5.69 Å². The molecule has 0 aliphatic rings. The lowest BCUT2D eigenvalue weighted by atomic mass is 10.1. The molecule has 3 N–H and O–H groups in total. The number of nitrogens with two attached hydrogens (primary N) is 1. The van der Waals surface area contributed by atoms with E-state index in [4.69, 9.17) is 5.73 Å². The molecule has 2 aromatic rings. The number of halogens is 1. The zero-order valence-corrected chi connectivity index (χ0v) is 11.8. The molecule has 5 heteroatoms. The molecule has 0 atom stereocenters. The van der Waals surface area contributed by atoms with Crippen LogP contribution in [-0.2, 0) is 12.8 Å². The molecule has 0 amide bonds. The first-order valence-corrected chi connectivity index (χ1v) is 6.75. The number of aromatic nitrogens is 2. The molecule has 0 fully saturated rings. The molecule has 2 rings (SSSR count). The summed E-state index contributed by atoms with van der Waals surface area (Å²) in [4.78, 5) is 12.3. The second-order valence-electron chi connectivity index (χ2n) is 4.08. The van der Waals surface area contributed by atoms with Gasteiger partial charge in [-0.25, -0.2) is 4.68 Å². The van der Waals surface area contributed by atoms with Crippen molar-refractivity contribution in [3.63, 3.8) is 0 Å². The smallest absolute Gasteiger partial charge is 0.274 e. The Morgan fingerprint density at radius 1 is 1.44 bits per heavy atom. The number of H-pyrrole nitrogens is 1. The molecule has 0 aliphatic carbocycles. The number of nitrogens with one attached hydrogen (secondary N) is 1. The SMILES string of the molecule is CCc1[nH]n(-c2cccc(Br)c2)c(=O)c1CCN. The highest BCUT2D eigenvalue weighted by molar-refractivity contribution is 9.10. The first-order valence-electron chi connectivity index (χ1n) is 5.96. The molecule has 0 aliphatic heterocycles. The van der Waals surface area contributed by atoms with Crippen molar-refractivity contribution in [3.8, 4) is 5.69 Å². The van der Waals surface area contributed by atoms with Crippen molar-refractivity contribution >= 4 is 15.9 Å². The minimum absolute atomic E-state index is 0.00426. The molecule has 0 unspecified atom stereocenters. The largest absolute Gasteiger partial charge is 0.330 e. The van der Waals surface area contributed by atoms with E-state index in [1.807, 2.05) is 31.2 Å². The van der Waals surface area contributed by atoms with E-state index in [-0.39, 0.29) is 5.56 Å². The Bertz CT molecular complexity index is 601. The Morgan fingerprint density at radius 2 is 2.22 bits per heavy atom. The maximum Gasteiger partial charge on any atom is 0.274 e. The summed E-state index contributed by atoms with van der Waals surface area (Å²) in [6, 6.07) is 7.64. The second kappa shape index (κ2) is 5.54. The minimum atomic E-state index is -0.00426. The van der Waals surface area contributed by atoms with Crippen molar-refractivity contribution in [2.24, 2.45) is 5.73 Å². The van der Waals surface area contributed by atoms with Crippen molar-refractivity contribution in [1.82, 2.24) is 9.78 Å². The van der Waals surface area contributed by atoms with Crippen LogP contribution in [0, 0.1) is 0 Å². The Kier molecular flexibility index (Phi) is 4.04. The normalized spacial score (nSPS) is 10.8. The summed E-state index contributed by atoms with van der Waals surface area (Å²) in [5, 5.41) is 3.16. The van der Waals surface area contributed by atoms with Gasteiger partial charge in [-0.3, -0.25) is 9.89 Å². The third-order valence-electron chi connectivity index (χ3n) is 2.89. The van der Waals surface area contributed by atoms with Gasteiger partial charge in [0, 0.05) is 15.7 Å². The molecule has 0 saturated heterocycles. The van der Waals surface area contributed by atoms with Crippen LogP contribution < -0.4 is 11.3 Å². The molecule has 1 heterocycles. The van der Waals surface area contributed by atoms with Crippen LogP contribution in [0.1, 0.15) is 18.2 Å². The van der Waals surface area contributed by atoms with Gasteiger partial charge in [-0.05, 0) is 37.6 Å². The summed E-state index contributed by atoms with van der Waals surface area (Å²) < 4.78 is 2.52. The lowest BCUT2D eigenvalue weighted by Crippen LogP contribution is -2.19. The van der Waals surface area contributed by atoms with E-state index in [1.165, 1.54) is 0 Å². The fourth-order valence-corrected chi connectivity index (χ4v) is 2.40. The van der Waals surface area contributed by atoms with Crippen molar-refractivity contribution in [2.75, 3.05) is 6.54 Å². The van der Waals surface area contributed by atoms with Gasteiger partial charge in [0.15, 0.2) is 0 Å². The molecule has 1 aromatic carbocycles. The van der Waals surface area contributed by atoms with Crippen molar-refractivity contribution in [2.45, 2.75) is 19.8 Å². The van der Waals surface area contributed by atoms with E-state index in [1.54, 1.807) is 4.68 Å². The van der Waals surface area contributed by atoms with Gasteiger partial charge in [-0.15, -0.1) is 0 Å². The Balaban J connectivity index is 2.55. The first-order chi connectivity index (χ1) is 8.67. The van der Waals surface area contributed by atoms with E-state index in [0.29, 0.717) is 13.0 Å². The summed E-state index contributed by atoms with van der Waals surface area (Å²) in [5.41, 5.74) is 8.13. The van der Waals surface area contributed by atoms with E-state index >= 15 is 0 Å². The van der Waals surface area contributed by atoms with Crippen LogP contribution in [0.5, 0.6) is 0 Å². The summed E-state index contributed by atoms with van der Waals surface area (Å²) in [5.74, 6) is 0. The fraction of sp³-hybridized carbons (Fsp3) is 0.308. The number of benzene rings is 1. The second-order valence-corrected chi connectivity index (χ2v) is 5.00. The maximum absolute atomic E-state index is 12.3. The monoisotopic (exact) mass is 309 g/mol. The van der Waals surface area contributed by atoms with Crippen LogP contribution in [0.3, 0.4) is 0 Å². The topological polar surface area (TPSA) is 63.8 Å². The predicted octanol–water partition coefficient (Wildman–Crippen LogP) is 1.99. The van der Waals surface area contributed by atoms with Gasteiger partial charge >= 0.3 is 0 Å². The van der Waals surface area contributed by atoms with Gasteiger partial charge in [0.25, 0.3) is 5.56 Å². The van der Waals surface area contributed by atoms with Crippen LogP contribution in [0.25, 0.3) is 5.69 Å². The van der Waals surface area contributed by atoms with Gasteiger partial charge < -0.3 is 5.73 Å². The van der Waals surface area contributed by atoms with Crippen LogP contribution in [-0.4, -0.2) is 16.3 Å². The van der Waals surface area contributed by atoms with Crippen LogP contribution in [0.4, 0.5) is 0 Å². The Morgan fingerprint density at radius 3 is 2.83 bits per heavy atom. The van der Waals surface area contributed by atoms with Crippen molar-refractivity contribution < 1.29 is 0 Å². The molecule has 0 spiro atoms. The summed E-state index contributed by atoms with van der Waals surface area (Å²) in [6.07, 6.45) is 1.41. The van der Waals surface area contributed by atoms with Crippen LogP contribution in [0.15, 0.2) is 33.5 Å². The zero-order valence-electron chi connectivity index (χ0n) is 10.2. The number of aromatic amines is 1. The standard InChI is InChI=1S/C13H16BrN3O/c1-2-12-11(6-7-15)13(18)17(16-12)10-5-3-4-9(14)8-10/h3-5,8,16H,2,6-7,15H2,1H3. The maximum atomic E-state index is 12.3. The highest BCUT2D eigenvalue weighted by atomic mass is 79.9. The van der Waals surface area contributed by atoms with E-state index < -0.39 is 0 Å². The Hall–Kier alpha value is -1.33.